The molecule has 0 heterocycles. The molecular weight excluding hydrogens is 1600 g/mol. The van der Waals surface area contributed by atoms with E-state index in [1.165, 1.54) is 161 Å². The minimum Gasteiger partial charge on any atom is -0.463 e. The Morgan fingerprint density at radius 3 is 0.632 bits per heavy atom. The highest BCUT2D eigenvalue weighted by Crippen LogP contribution is 2.45. The smallest absolute Gasteiger partial charge is 0.463 e. The van der Waals surface area contributed by atoms with Crippen molar-refractivity contribution in [2.24, 2.45) is 0 Å². The van der Waals surface area contributed by atoms with E-state index in [1.807, 2.05) is 0 Å². The van der Waals surface area contributed by atoms with E-state index in [0.717, 1.165) is 186 Å². The maximum absolute atomic E-state index is 13.1. The van der Waals surface area contributed by atoms with Crippen LogP contribution >= 0.6 is 15.6 Å². The van der Waals surface area contributed by atoms with Crippen molar-refractivity contribution in [3.05, 3.63) is 194 Å². The fourth-order valence-corrected chi connectivity index (χ4v) is 15.0. The molecule has 0 aliphatic heterocycles. The molecule has 0 radical (unpaired) electrons. The van der Waals surface area contributed by atoms with Crippen LogP contribution in [0.4, 0.5) is 0 Å². The first-order valence-corrected chi connectivity index (χ1v) is 52.7. The van der Waals surface area contributed by atoms with Crippen LogP contribution in [0, 0.1) is 0 Å². The van der Waals surface area contributed by atoms with Crippen LogP contribution in [-0.4, -0.2) is 95.9 Å². The largest absolute Gasteiger partial charge is 0.472 e. The molecule has 0 spiro atoms. The van der Waals surface area contributed by atoms with Gasteiger partial charge >= 0.3 is 33.6 Å². The molecule has 4 N–H and O–H groups in total. The molecule has 125 heavy (non-hydrogen) atoms. The number of aliphatic hydroxyl groups excluding tert-OH is 2. The maximum atomic E-state index is 13.1. The Morgan fingerprint density at radius 2 is 0.400 bits per heavy atom. The summed E-state index contributed by atoms with van der Waals surface area (Å²) in [4.78, 5) is 59.2. The summed E-state index contributed by atoms with van der Waals surface area (Å²) in [6, 6.07) is 0. The standard InChI is InChI=1S/C107H180O16P2/c1-4-7-10-13-16-19-22-25-28-31-34-37-40-42-44-46-48-49-50-51-53-55-56-58-61-63-66-69-72-75-78-81-84-87-90-93-105(110)117-96-102(108)97-119-124(113,114)120-98-103(109)99-121-125(115,116)122-101-104(123-107(112)95-92-89-86-83-80-77-74-71-68-65-60-39-36-33-30-27-24-21-18-15-12-9-6-3)100-118-106(111)94-91-88-85-82-79-76-73-70-67-64-62-59-57-54-52-47-45-43-41-38-35-32-29-26-23-20-17-14-11-8-5-2/h7-12,16-21,25-30,34-39,42-45,48-49,65,68,102-104,108-109H,4-6,13-15,22-24,31-33,40-41,46-47,50-64,66-67,69-101H2,1-3H3,(H,113,114)(H,115,116)/b10-7-,11-8-,12-9-,19-16-,20-17-,21-18-,28-25-,29-26-,30-27-,37-34-,38-35-,39-36-,44-42-,45-43-,49-48-,68-65-. The molecule has 16 nitrogen and oxygen atoms in total. The summed E-state index contributed by atoms with van der Waals surface area (Å²) in [5, 5.41) is 20.8. The number of allylic oxidation sites excluding steroid dienone is 32. The highest BCUT2D eigenvalue weighted by molar-refractivity contribution is 7.47. The normalized spacial score (nSPS) is 14.5. The zero-order valence-corrected chi connectivity index (χ0v) is 80.7. The van der Waals surface area contributed by atoms with E-state index in [4.69, 9.17) is 32.3 Å². The number of aliphatic hydroxyl groups is 2. The molecule has 0 amide bonds. The van der Waals surface area contributed by atoms with E-state index in [-0.39, 0.29) is 19.3 Å². The van der Waals surface area contributed by atoms with Crippen molar-refractivity contribution in [1.29, 1.82) is 0 Å². The van der Waals surface area contributed by atoms with Crippen LogP contribution < -0.4 is 0 Å². The molecule has 0 bridgehead atoms. The van der Waals surface area contributed by atoms with E-state index in [9.17, 15) is 43.5 Å². The van der Waals surface area contributed by atoms with Crippen LogP contribution in [0.5, 0.6) is 0 Å². The topological polar surface area (TPSA) is 231 Å². The number of rotatable bonds is 93. The predicted molar refractivity (Wildman–Crippen MR) is 528 cm³/mol. The van der Waals surface area contributed by atoms with Gasteiger partial charge in [0.2, 0.25) is 0 Å². The van der Waals surface area contributed by atoms with Crippen molar-refractivity contribution in [3.63, 3.8) is 0 Å². The van der Waals surface area contributed by atoms with Crippen molar-refractivity contribution >= 4 is 33.6 Å². The first kappa shape index (κ1) is 119. The van der Waals surface area contributed by atoms with Gasteiger partial charge in [0, 0.05) is 19.3 Å². The molecule has 0 aromatic rings. The lowest BCUT2D eigenvalue weighted by molar-refractivity contribution is -0.161. The lowest BCUT2D eigenvalue weighted by atomic mass is 10.0. The molecule has 714 valence electrons. The minimum atomic E-state index is -4.95. The first-order valence-electron chi connectivity index (χ1n) is 49.7. The summed E-state index contributed by atoms with van der Waals surface area (Å²) in [5.74, 6) is -1.58. The molecule has 0 saturated heterocycles. The zero-order valence-electron chi connectivity index (χ0n) is 79.0. The third-order valence-corrected chi connectivity index (χ3v) is 22.7. The van der Waals surface area contributed by atoms with E-state index >= 15 is 0 Å². The average Bonchev–Trinajstić information content (AvgIpc) is 0.902. The highest BCUT2D eigenvalue weighted by atomic mass is 31.2. The number of ether oxygens (including phenoxy) is 3. The molecule has 0 aliphatic rings. The van der Waals surface area contributed by atoms with Gasteiger partial charge in [0.15, 0.2) is 6.10 Å². The van der Waals surface area contributed by atoms with Gasteiger partial charge in [-0.05, 0) is 161 Å². The number of hydrogen-bond acceptors (Lipinski definition) is 14. The van der Waals surface area contributed by atoms with Gasteiger partial charge in [-0.25, -0.2) is 9.13 Å². The van der Waals surface area contributed by atoms with Crippen LogP contribution in [0.15, 0.2) is 194 Å². The Hall–Kier alpha value is -5.61. The Kier molecular flexibility index (Phi) is 93.1. The first-order chi connectivity index (χ1) is 61.2. The number of unbranched alkanes of at least 4 members (excludes halogenated alkanes) is 38. The summed E-state index contributed by atoms with van der Waals surface area (Å²) in [6.07, 6.45) is 131. The van der Waals surface area contributed by atoms with E-state index in [2.05, 4.69) is 215 Å². The SMILES string of the molecule is CC/C=C\C/C=C\C/C=C\C/C=C\C/C=C\C/C=C\CCCCCCCCCCCCCCCCCCC(=O)OCC(O)COP(=O)(O)OCC(O)COP(=O)(O)OCC(COC(=O)CCCCCCCCCCCCCCCCC/C=C\C/C=C\C/C=C\C/C=C\C/C=C\CC)OC(=O)CCCCCCCCC/C=C\C/C=C\C/C=C\C/C=C\C/C=C\CC. The summed E-state index contributed by atoms with van der Waals surface area (Å²) in [6.45, 7) is 2.38. The lowest BCUT2D eigenvalue weighted by Gasteiger charge is -2.21. The summed E-state index contributed by atoms with van der Waals surface area (Å²) >= 11 is 0. The summed E-state index contributed by atoms with van der Waals surface area (Å²) in [5.41, 5.74) is 0. The second kappa shape index (κ2) is 97.4. The molecule has 0 aliphatic carbocycles. The van der Waals surface area contributed by atoms with Gasteiger partial charge in [-0.1, -0.05) is 421 Å². The van der Waals surface area contributed by atoms with Crippen LogP contribution in [0.1, 0.15) is 406 Å². The number of esters is 3. The third-order valence-electron chi connectivity index (χ3n) is 20.8. The minimum absolute atomic E-state index is 0.0873. The van der Waals surface area contributed by atoms with Crippen LogP contribution in [0.3, 0.4) is 0 Å². The number of phosphoric ester groups is 2. The Balaban J connectivity index is 4.57. The van der Waals surface area contributed by atoms with E-state index in [1.54, 1.807) is 0 Å². The van der Waals surface area contributed by atoms with Gasteiger partial charge in [0.1, 0.15) is 25.4 Å². The fourth-order valence-electron chi connectivity index (χ4n) is 13.4. The monoisotopic (exact) mass is 1780 g/mol. The van der Waals surface area contributed by atoms with E-state index < -0.39 is 91.5 Å². The average molecular weight is 1780 g/mol. The highest BCUT2D eigenvalue weighted by Gasteiger charge is 2.30. The molecule has 0 aromatic heterocycles. The molecule has 0 aromatic carbocycles. The molecular formula is C107H180O16P2. The Bertz CT molecular complexity index is 3050. The van der Waals surface area contributed by atoms with Gasteiger partial charge < -0.3 is 34.2 Å². The van der Waals surface area contributed by atoms with Gasteiger partial charge in [-0.15, -0.1) is 0 Å². The number of carbonyl (C=O) groups is 3. The van der Waals surface area contributed by atoms with Crippen molar-refractivity contribution in [2.75, 3.05) is 39.6 Å². The molecule has 5 unspecified atom stereocenters. The Labute approximate surface area is 763 Å². The fraction of sp³-hybridized carbons (Fsp3) is 0.673. The van der Waals surface area contributed by atoms with Gasteiger partial charge in [0.05, 0.1) is 26.4 Å². The van der Waals surface area contributed by atoms with Crippen LogP contribution in [0.2, 0.25) is 0 Å². The molecule has 0 fully saturated rings. The number of hydrogen-bond donors (Lipinski definition) is 4. The second-order valence-corrected chi connectivity index (χ2v) is 35.7. The lowest BCUT2D eigenvalue weighted by Crippen LogP contribution is -2.30. The quantitative estimate of drug-likeness (QED) is 0.0146. The number of carbonyl (C=O) groups excluding carboxylic acids is 3. The molecule has 18 heteroatoms. The van der Waals surface area contributed by atoms with Crippen molar-refractivity contribution in [1.82, 2.24) is 0 Å². The summed E-state index contributed by atoms with van der Waals surface area (Å²) in [7, 11) is -9.82. The van der Waals surface area contributed by atoms with Crippen molar-refractivity contribution < 1.29 is 75.8 Å². The maximum Gasteiger partial charge on any atom is 0.472 e. The van der Waals surface area contributed by atoms with Gasteiger partial charge in [-0.2, -0.15) is 0 Å². The summed E-state index contributed by atoms with van der Waals surface area (Å²) < 4.78 is 61.6. The molecule has 0 saturated carbocycles. The molecule has 0 rings (SSSR count). The molecule has 5 atom stereocenters. The van der Waals surface area contributed by atoms with Crippen LogP contribution in [0.25, 0.3) is 0 Å². The predicted octanol–water partition coefficient (Wildman–Crippen LogP) is 31.3. The van der Waals surface area contributed by atoms with Gasteiger partial charge in [0.25, 0.3) is 0 Å². The second-order valence-electron chi connectivity index (χ2n) is 32.8. The van der Waals surface area contributed by atoms with E-state index in [0.29, 0.717) is 19.3 Å². The van der Waals surface area contributed by atoms with Gasteiger partial charge in [-0.3, -0.25) is 32.5 Å². The van der Waals surface area contributed by atoms with Crippen molar-refractivity contribution in [3.8, 4) is 0 Å². The zero-order chi connectivity index (χ0) is 90.7. The number of phosphoric acid groups is 2. The van der Waals surface area contributed by atoms with Crippen LogP contribution in [-0.2, 0) is 55.8 Å². The van der Waals surface area contributed by atoms with Crippen molar-refractivity contribution in [2.45, 2.75) is 424 Å². The Morgan fingerprint density at radius 1 is 0.224 bits per heavy atom. The third kappa shape index (κ3) is 98.8.